The molecule has 154 valence electrons. The van der Waals surface area contributed by atoms with Crippen LogP contribution in [0.3, 0.4) is 0 Å². The lowest BCUT2D eigenvalue weighted by Gasteiger charge is -2.12. The molecule has 2 heterocycles. The summed E-state index contributed by atoms with van der Waals surface area (Å²) in [6.45, 7) is 0. The molecule has 0 amide bonds. The van der Waals surface area contributed by atoms with Crippen LogP contribution in [0.1, 0.15) is 10.6 Å². The number of thiazole rings is 1. The molecule has 0 radical (unpaired) electrons. The van der Waals surface area contributed by atoms with Crippen molar-refractivity contribution in [2.75, 3.05) is 5.32 Å². The number of benzene rings is 2. The molecule has 0 saturated heterocycles. The molecule has 0 aliphatic heterocycles. The highest BCUT2D eigenvalue weighted by Crippen LogP contribution is 2.35. The number of nitrogens with one attached hydrogen (secondary N) is 1. The first-order chi connectivity index (χ1) is 14.9. The van der Waals surface area contributed by atoms with Crippen LogP contribution in [-0.4, -0.2) is 4.98 Å². The highest BCUT2D eigenvalue weighted by atomic mass is 32.1. The number of hydrogen-bond donors (Lipinski definition) is 1. The third-order valence-corrected chi connectivity index (χ3v) is 5.25. The van der Waals surface area contributed by atoms with E-state index < -0.39 is 17.4 Å². The molecule has 1 N–H and O–H groups in total. The highest BCUT2D eigenvalue weighted by Gasteiger charge is 2.33. The van der Waals surface area contributed by atoms with Gasteiger partial charge in [0.05, 0.1) is 22.5 Å². The summed E-state index contributed by atoms with van der Waals surface area (Å²) in [6, 6.07) is 15.5. The van der Waals surface area contributed by atoms with Crippen LogP contribution in [-0.2, 0) is 6.18 Å². The highest BCUT2D eigenvalue weighted by molar-refractivity contribution is 7.11. The average molecular weight is 439 g/mol. The number of fused-ring (bicyclic) bond motifs is 1. The second-order valence-electron chi connectivity index (χ2n) is 6.38. The zero-order valence-electron chi connectivity index (χ0n) is 15.6. The van der Waals surface area contributed by atoms with Gasteiger partial charge in [0.25, 0.3) is 0 Å². The monoisotopic (exact) mass is 439 g/mol. The molecular weight excluding hydrogens is 427 g/mol. The first-order valence-corrected chi connectivity index (χ1v) is 9.77. The molecular formula is C22H12F3N3O2S. The van der Waals surface area contributed by atoms with Gasteiger partial charge in [-0.05, 0) is 24.3 Å². The van der Waals surface area contributed by atoms with Gasteiger partial charge in [-0.1, -0.05) is 30.3 Å². The summed E-state index contributed by atoms with van der Waals surface area (Å²) in [5.74, 6) is 0. The quantitative estimate of drug-likeness (QED) is 0.316. The Morgan fingerprint density at radius 1 is 1.16 bits per heavy atom. The van der Waals surface area contributed by atoms with Crippen molar-refractivity contribution in [2.45, 2.75) is 6.18 Å². The van der Waals surface area contributed by atoms with E-state index in [2.05, 4.69) is 10.3 Å². The lowest BCUT2D eigenvalue weighted by atomic mass is 10.1. The van der Waals surface area contributed by atoms with Crippen LogP contribution < -0.4 is 10.9 Å². The summed E-state index contributed by atoms with van der Waals surface area (Å²) in [5, 5.41) is 14.6. The zero-order chi connectivity index (χ0) is 22.0. The van der Waals surface area contributed by atoms with Gasteiger partial charge in [0.15, 0.2) is 0 Å². The van der Waals surface area contributed by atoms with Crippen molar-refractivity contribution in [1.29, 1.82) is 5.26 Å². The summed E-state index contributed by atoms with van der Waals surface area (Å²) in [6.07, 6.45) is -3.38. The second kappa shape index (κ2) is 8.08. The van der Waals surface area contributed by atoms with Gasteiger partial charge in [-0.3, -0.25) is 0 Å². The van der Waals surface area contributed by atoms with E-state index in [4.69, 9.17) is 4.42 Å². The standard InChI is InChI=1S/C22H12F3N3O2S/c23-22(24,25)16-6-2-3-7-17(16)27-11-14(10-26)20-28-18(12-31-20)15-9-13-5-1-4-8-19(13)30-21(15)29/h1-9,11-12,27H. The Hall–Kier alpha value is -3.90. The van der Waals surface area contributed by atoms with Crippen molar-refractivity contribution in [3.8, 4) is 17.3 Å². The molecule has 2 aromatic heterocycles. The minimum absolute atomic E-state index is 0.0263. The topological polar surface area (TPSA) is 78.9 Å². The van der Waals surface area contributed by atoms with Crippen molar-refractivity contribution >= 4 is 33.6 Å². The first kappa shape index (κ1) is 20.4. The van der Waals surface area contributed by atoms with Crippen LogP contribution in [0.5, 0.6) is 0 Å². The summed E-state index contributed by atoms with van der Waals surface area (Å²) in [4.78, 5) is 16.6. The summed E-state index contributed by atoms with van der Waals surface area (Å²) in [5.41, 5.74) is -0.595. The number of hydrogen-bond acceptors (Lipinski definition) is 6. The van der Waals surface area contributed by atoms with Gasteiger partial charge in [0.2, 0.25) is 0 Å². The van der Waals surface area contributed by atoms with Crippen LogP contribution in [0.4, 0.5) is 18.9 Å². The molecule has 5 nitrogen and oxygen atoms in total. The lowest BCUT2D eigenvalue weighted by molar-refractivity contribution is -0.136. The fraction of sp³-hybridized carbons (Fsp3) is 0.0455. The fourth-order valence-corrected chi connectivity index (χ4v) is 3.70. The van der Waals surface area contributed by atoms with E-state index >= 15 is 0 Å². The Labute approximate surface area is 177 Å². The molecule has 2 aromatic carbocycles. The van der Waals surface area contributed by atoms with E-state index in [1.807, 2.05) is 6.07 Å². The largest absolute Gasteiger partial charge is 0.422 e. The molecule has 0 fully saturated rings. The van der Waals surface area contributed by atoms with Crippen molar-refractivity contribution in [2.24, 2.45) is 0 Å². The van der Waals surface area contributed by atoms with Crippen LogP contribution in [0, 0.1) is 11.3 Å². The predicted molar refractivity (Wildman–Crippen MR) is 112 cm³/mol. The number of halogens is 3. The number of rotatable bonds is 4. The number of para-hydroxylation sites is 2. The SMILES string of the molecule is N#CC(=CNc1ccccc1C(F)(F)F)c1nc(-c2cc3ccccc3oc2=O)cs1. The summed E-state index contributed by atoms with van der Waals surface area (Å²) < 4.78 is 44.7. The third-order valence-electron chi connectivity index (χ3n) is 4.38. The van der Waals surface area contributed by atoms with Gasteiger partial charge in [-0.2, -0.15) is 18.4 Å². The minimum atomic E-state index is -4.54. The van der Waals surface area contributed by atoms with Crippen LogP contribution in [0.25, 0.3) is 27.8 Å². The summed E-state index contributed by atoms with van der Waals surface area (Å²) in [7, 11) is 0. The van der Waals surface area contributed by atoms with Gasteiger partial charge in [-0.25, -0.2) is 9.78 Å². The molecule has 9 heteroatoms. The number of nitrogens with zero attached hydrogens (tertiary/aromatic N) is 2. The molecule has 0 aliphatic carbocycles. The molecule has 0 bridgehead atoms. The molecule has 0 atom stereocenters. The Balaban J connectivity index is 1.67. The minimum Gasteiger partial charge on any atom is -0.422 e. The number of nitriles is 1. The van der Waals surface area contributed by atoms with Gasteiger partial charge >= 0.3 is 11.8 Å². The fourth-order valence-electron chi connectivity index (χ4n) is 2.91. The van der Waals surface area contributed by atoms with Gasteiger partial charge in [0.1, 0.15) is 22.2 Å². The molecule has 0 unspecified atom stereocenters. The number of alkyl halides is 3. The van der Waals surface area contributed by atoms with Crippen LogP contribution in [0.15, 0.2) is 75.4 Å². The zero-order valence-corrected chi connectivity index (χ0v) is 16.4. The molecule has 0 aliphatic rings. The normalized spacial score (nSPS) is 12.0. The van der Waals surface area contributed by atoms with Crippen molar-refractivity contribution < 1.29 is 17.6 Å². The number of allylic oxidation sites excluding steroid dienone is 1. The van der Waals surface area contributed by atoms with E-state index in [-0.39, 0.29) is 21.8 Å². The lowest BCUT2D eigenvalue weighted by Crippen LogP contribution is -2.08. The van der Waals surface area contributed by atoms with E-state index in [0.29, 0.717) is 16.7 Å². The predicted octanol–water partition coefficient (Wildman–Crippen LogP) is 5.91. The smallest absolute Gasteiger partial charge is 0.418 e. The summed E-state index contributed by atoms with van der Waals surface area (Å²) >= 11 is 1.09. The van der Waals surface area contributed by atoms with Crippen LogP contribution >= 0.6 is 11.3 Å². The first-order valence-electron chi connectivity index (χ1n) is 8.89. The van der Waals surface area contributed by atoms with Gasteiger partial charge < -0.3 is 9.73 Å². The van der Waals surface area contributed by atoms with Gasteiger partial charge in [0, 0.05) is 17.0 Å². The number of aromatic nitrogens is 1. The van der Waals surface area contributed by atoms with E-state index in [9.17, 15) is 23.2 Å². The Kier molecular flexibility index (Phi) is 5.31. The van der Waals surface area contributed by atoms with Crippen LogP contribution in [0.2, 0.25) is 0 Å². The average Bonchev–Trinajstić information content (AvgIpc) is 3.23. The Morgan fingerprint density at radius 3 is 2.68 bits per heavy atom. The Bertz CT molecular complexity index is 1400. The van der Waals surface area contributed by atoms with Gasteiger partial charge in [-0.15, -0.1) is 11.3 Å². The molecule has 4 rings (SSSR count). The maximum atomic E-state index is 13.1. The maximum absolute atomic E-state index is 13.1. The van der Waals surface area contributed by atoms with E-state index in [1.54, 1.807) is 35.7 Å². The number of anilines is 1. The molecule has 31 heavy (non-hydrogen) atoms. The van der Waals surface area contributed by atoms with E-state index in [1.165, 1.54) is 18.2 Å². The van der Waals surface area contributed by atoms with Crippen molar-refractivity contribution in [1.82, 2.24) is 4.98 Å². The maximum Gasteiger partial charge on any atom is 0.418 e. The van der Waals surface area contributed by atoms with Crippen molar-refractivity contribution in [3.63, 3.8) is 0 Å². The second-order valence-corrected chi connectivity index (χ2v) is 7.24. The van der Waals surface area contributed by atoms with E-state index in [0.717, 1.165) is 23.6 Å². The molecule has 0 saturated carbocycles. The third kappa shape index (κ3) is 4.20. The Morgan fingerprint density at radius 2 is 1.90 bits per heavy atom. The molecule has 0 spiro atoms. The molecule has 4 aromatic rings. The van der Waals surface area contributed by atoms with Crippen molar-refractivity contribution in [3.05, 3.63) is 87.2 Å².